The molecule has 548 valence electrons. The van der Waals surface area contributed by atoms with Crippen molar-refractivity contribution in [2.45, 2.75) is 514 Å². The zero-order valence-electron chi connectivity index (χ0n) is 63.1. The summed E-state index contributed by atoms with van der Waals surface area (Å²) in [6.45, 7) is 5.01. The molecule has 0 spiro atoms. The first-order valence-electron chi connectivity index (χ1n) is 42.9. The molecule has 0 rings (SSSR count). The van der Waals surface area contributed by atoms with Crippen LogP contribution in [-0.4, -0.2) is 47.4 Å². The predicted octanol–water partition coefficient (Wildman–Crippen LogP) is 28.6. The lowest BCUT2D eigenvalue weighted by Crippen LogP contribution is -2.45. The van der Waals surface area contributed by atoms with Crippen LogP contribution in [0.2, 0.25) is 0 Å². The van der Waals surface area contributed by atoms with Gasteiger partial charge in [-0.25, -0.2) is 0 Å². The number of unbranched alkanes of at least 4 members (excludes halogenated alkanes) is 69. The average Bonchev–Trinajstić information content (AvgIpc) is 3.61. The summed E-state index contributed by atoms with van der Waals surface area (Å²) in [5, 5.41) is 23.4. The molecule has 6 nitrogen and oxygen atoms in total. The van der Waals surface area contributed by atoms with Crippen LogP contribution in [0, 0.1) is 0 Å². The minimum atomic E-state index is -0.660. The van der Waals surface area contributed by atoms with Crippen molar-refractivity contribution in [3.05, 3.63) is 12.2 Å². The molecule has 2 atom stereocenters. The van der Waals surface area contributed by atoms with Crippen molar-refractivity contribution in [2.24, 2.45) is 0 Å². The molecule has 0 heterocycles. The standard InChI is InChI=1S/C86H169NO5/c1-3-5-7-9-11-13-15-17-19-21-42-46-50-54-58-62-66-70-74-78-84(89)83(82-88)87-85(90)79-75-71-67-63-59-55-51-47-44-40-38-36-34-32-30-28-26-24-23-25-27-29-31-33-35-37-39-41-45-49-53-57-61-65-69-73-77-81-92-86(91)80-76-72-68-64-60-56-52-48-43-22-20-18-16-14-12-10-8-6-4-2/h18,20,83-84,88-89H,3-17,19,21-82H2,1-2H3,(H,87,90)/b20-18-. The molecule has 2 unspecified atom stereocenters. The fourth-order valence-corrected chi connectivity index (χ4v) is 14.1. The Bertz CT molecular complexity index is 1400. The summed E-state index contributed by atoms with van der Waals surface area (Å²) >= 11 is 0. The van der Waals surface area contributed by atoms with Gasteiger partial charge in [0.15, 0.2) is 0 Å². The van der Waals surface area contributed by atoms with Gasteiger partial charge in [-0.15, -0.1) is 0 Å². The van der Waals surface area contributed by atoms with Gasteiger partial charge in [-0.1, -0.05) is 450 Å². The van der Waals surface area contributed by atoms with Gasteiger partial charge in [0.05, 0.1) is 25.4 Å². The minimum absolute atomic E-state index is 0.0236. The van der Waals surface area contributed by atoms with Crippen LogP contribution >= 0.6 is 0 Å². The maximum Gasteiger partial charge on any atom is 0.305 e. The number of aliphatic hydroxyl groups is 2. The highest BCUT2D eigenvalue weighted by molar-refractivity contribution is 5.76. The van der Waals surface area contributed by atoms with Gasteiger partial charge in [-0.2, -0.15) is 0 Å². The zero-order chi connectivity index (χ0) is 66.3. The Morgan fingerprint density at radius 3 is 0.772 bits per heavy atom. The van der Waals surface area contributed by atoms with Crippen molar-refractivity contribution in [1.29, 1.82) is 0 Å². The molecular formula is C86H169NO5. The van der Waals surface area contributed by atoms with Crippen LogP contribution in [-0.2, 0) is 14.3 Å². The van der Waals surface area contributed by atoms with Gasteiger partial charge >= 0.3 is 5.97 Å². The molecule has 0 aliphatic rings. The molecule has 0 bridgehead atoms. The number of aliphatic hydroxyl groups excluding tert-OH is 2. The molecule has 0 saturated carbocycles. The highest BCUT2D eigenvalue weighted by atomic mass is 16.5. The van der Waals surface area contributed by atoms with E-state index in [0.717, 1.165) is 38.5 Å². The number of hydrogen-bond donors (Lipinski definition) is 3. The van der Waals surface area contributed by atoms with Crippen LogP contribution in [0.15, 0.2) is 12.2 Å². The molecule has 6 heteroatoms. The third kappa shape index (κ3) is 77.6. The van der Waals surface area contributed by atoms with Crippen molar-refractivity contribution in [2.75, 3.05) is 13.2 Å². The maximum atomic E-state index is 12.6. The lowest BCUT2D eigenvalue weighted by molar-refractivity contribution is -0.143. The van der Waals surface area contributed by atoms with E-state index in [9.17, 15) is 19.8 Å². The lowest BCUT2D eigenvalue weighted by atomic mass is 10.0. The summed E-state index contributed by atoms with van der Waals surface area (Å²) in [6, 6.07) is -0.537. The van der Waals surface area contributed by atoms with Crippen LogP contribution in [0.4, 0.5) is 0 Å². The molecule has 0 aromatic rings. The van der Waals surface area contributed by atoms with E-state index in [1.807, 2.05) is 0 Å². The summed E-state index contributed by atoms with van der Waals surface area (Å²) in [6.07, 6.45) is 105. The number of carbonyl (C=O) groups is 2. The van der Waals surface area contributed by atoms with E-state index in [0.29, 0.717) is 25.9 Å². The lowest BCUT2D eigenvalue weighted by Gasteiger charge is -2.22. The van der Waals surface area contributed by atoms with Crippen LogP contribution < -0.4 is 5.32 Å². The van der Waals surface area contributed by atoms with Gasteiger partial charge in [-0.3, -0.25) is 9.59 Å². The van der Waals surface area contributed by atoms with Gasteiger partial charge in [0, 0.05) is 12.8 Å². The first kappa shape index (κ1) is 90.6. The van der Waals surface area contributed by atoms with Crippen LogP contribution in [0.5, 0.6) is 0 Å². The van der Waals surface area contributed by atoms with Crippen molar-refractivity contribution in [3.8, 4) is 0 Å². The third-order valence-corrected chi connectivity index (χ3v) is 20.6. The second-order valence-electron chi connectivity index (χ2n) is 29.9. The summed E-state index contributed by atoms with van der Waals surface area (Å²) < 4.78 is 5.52. The maximum absolute atomic E-state index is 12.6. The highest BCUT2D eigenvalue weighted by Crippen LogP contribution is 2.21. The van der Waals surface area contributed by atoms with Crippen molar-refractivity contribution >= 4 is 11.9 Å². The molecule has 0 fully saturated rings. The van der Waals surface area contributed by atoms with Crippen LogP contribution in [0.1, 0.15) is 502 Å². The van der Waals surface area contributed by atoms with Crippen LogP contribution in [0.25, 0.3) is 0 Å². The SMILES string of the molecule is CCCCCCCC/C=C\CCCCCCCCCCCC(=O)OCCCCCCCCCCCCCCCCCCCCCCCCCCCCCCCCCCCCCCCC(=O)NC(CO)C(O)CCCCCCCCCCCCCCCCCCCCC. The highest BCUT2D eigenvalue weighted by Gasteiger charge is 2.20. The van der Waals surface area contributed by atoms with E-state index in [4.69, 9.17) is 4.74 Å². The molecule has 0 aromatic carbocycles. The van der Waals surface area contributed by atoms with Gasteiger partial charge in [0.25, 0.3) is 0 Å². The Balaban J connectivity index is 3.29. The topological polar surface area (TPSA) is 95.9 Å². The molecule has 0 radical (unpaired) electrons. The number of nitrogens with one attached hydrogen (secondary N) is 1. The summed E-state index contributed by atoms with van der Waals surface area (Å²) in [5.41, 5.74) is 0. The van der Waals surface area contributed by atoms with E-state index >= 15 is 0 Å². The minimum Gasteiger partial charge on any atom is -0.466 e. The summed E-state index contributed by atoms with van der Waals surface area (Å²) in [7, 11) is 0. The quantitative estimate of drug-likeness (QED) is 0.0320. The number of carbonyl (C=O) groups excluding carboxylic acids is 2. The number of ether oxygens (including phenoxy) is 1. The number of rotatable bonds is 82. The second kappa shape index (κ2) is 82.0. The normalized spacial score (nSPS) is 12.4. The molecule has 0 aliphatic carbocycles. The van der Waals surface area contributed by atoms with Gasteiger partial charge in [0.1, 0.15) is 0 Å². The Kier molecular flexibility index (Phi) is 80.8. The Morgan fingerprint density at radius 2 is 0.511 bits per heavy atom. The van der Waals surface area contributed by atoms with E-state index < -0.39 is 12.1 Å². The summed E-state index contributed by atoms with van der Waals surface area (Å²) in [4.78, 5) is 24.7. The number of amides is 1. The molecular weight excluding hydrogens is 1130 g/mol. The molecule has 92 heavy (non-hydrogen) atoms. The molecule has 3 N–H and O–H groups in total. The first-order valence-corrected chi connectivity index (χ1v) is 42.9. The fourth-order valence-electron chi connectivity index (χ4n) is 14.1. The zero-order valence-corrected chi connectivity index (χ0v) is 63.1. The number of hydrogen-bond acceptors (Lipinski definition) is 5. The van der Waals surface area contributed by atoms with Crippen molar-refractivity contribution < 1.29 is 24.5 Å². The van der Waals surface area contributed by atoms with Crippen molar-refractivity contribution in [3.63, 3.8) is 0 Å². The fraction of sp³-hybridized carbons (Fsp3) is 0.953. The van der Waals surface area contributed by atoms with Gasteiger partial charge < -0.3 is 20.3 Å². The first-order chi connectivity index (χ1) is 45.5. The molecule has 0 aromatic heterocycles. The van der Waals surface area contributed by atoms with E-state index in [1.165, 1.54) is 430 Å². The van der Waals surface area contributed by atoms with Gasteiger partial charge in [0.2, 0.25) is 5.91 Å². The number of esters is 1. The van der Waals surface area contributed by atoms with Gasteiger partial charge in [-0.05, 0) is 51.4 Å². The second-order valence-corrected chi connectivity index (χ2v) is 29.9. The Morgan fingerprint density at radius 1 is 0.293 bits per heavy atom. The predicted molar refractivity (Wildman–Crippen MR) is 407 cm³/mol. The van der Waals surface area contributed by atoms with E-state index in [1.54, 1.807) is 0 Å². The average molecular weight is 1300 g/mol. The third-order valence-electron chi connectivity index (χ3n) is 20.6. The molecule has 0 saturated heterocycles. The molecule has 1 amide bonds. The largest absolute Gasteiger partial charge is 0.466 e. The Labute approximate surface area is 578 Å². The van der Waals surface area contributed by atoms with E-state index in [2.05, 4.69) is 31.3 Å². The smallest absolute Gasteiger partial charge is 0.305 e. The monoisotopic (exact) mass is 1300 g/mol. The Hall–Kier alpha value is -1.40. The number of allylic oxidation sites excluding steroid dienone is 2. The molecule has 0 aliphatic heterocycles. The van der Waals surface area contributed by atoms with Crippen molar-refractivity contribution in [1.82, 2.24) is 5.32 Å². The van der Waals surface area contributed by atoms with Crippen LogP contribution in [0.3, 0.4) is 0 Å². The summed E-state index contributed by atoms with van der Waals surface area (Å²) in [5.74, 6) is 0.000782. The van der Waals surface area contributed by atoms with E-state index in [-0.39, 0.29) is 18.5 Å².